The lowest BCUT2D eigenvalue weighted by Gasteiger charge is -2.29. The summed E-state index contributed by atoms with van der Waals surface area (Å²) >= 11 is 15.6. The van der Waals surface area contributed by atoms with E-state index in [0.29, 0.717) is 34.6 Å². The molecule has 0 saturated carbocycles. The highest BCUT2D eigenvalue weighted by molar-refractivity contribution is 8.00. The van der Waals surface area contributed by atoms with Gasteiger partial charge in [-0.2, -0.15) is 10.2 Å². The van der Waals surface area contributed by atoms with Crippen molar-refractivity contribution in [3.05, 3.63) is 143 Å². The number of rotatable bonds is 9. The molecule has 50 heavy (non-hydrogen) atoms. The van der Waals surface area contributed by atoms with Crippen LogP contribution in [0.4, 0.5) is 0 Å². The molecule has 0 aliphatic carbocycles. The van der Waals surface area contributed by atoms with Crippen LogP contribution < -0.4 is 0 Å². The molecule has 2 atom stereocenters. The minimum Gasteiger partial charge on any atom is -0.324 e. The van der Waals surface area contributed by atoms with Gasteiger partial charge in [0.2, 0.25) is 11.8 Å². The Balaban J connectivity index is 1.11. The smallest absolute Gasteiger partial charge is 0.233 e. The number of benzene rings is 4. The van der Waals surface area contributed by atoms with E-state index in [2.05, 4.69) is 0 Å². The molecule has 0 bridgehead atoms. The summed E-state index contributed by atoms with van der Waals surface area (Å²) in [5, 5.41) is 10.7. The van der Waals surface area contributed by atoms with Gasteiger partial charge < -0.3 is 9.80 Å². The van der Waals surface area contributed by atoms with Gasteiger partial charge in [-0.1, -0.05) is 83.9 Å². The van der Waals surface area contributed by atoms with Gasteiger partial charge in [-0.3, -0.25) is 9.59 Å². The number of hydrogen-bond acceptors (Lipinski definition) is 6. The highest BCUT2D eigenvalue weighted by Crippen LogP contribution is 2.45. The summed E-state index contributed by atoms with van der Waals surface area (Å²) in [6, 6.07) is 35.1. The zero-order chi connectivity index (χ0) is 34.2. The highest BCUT2D eigenvalue weighted by Gasteiger charge is 2.39. The first kappa shape index (κ1) is 32.7. The SMILES string of the molecule is O=C1CSC(c2cn(-c3ccccc3)nc2-c2ccc(Cl)cc2)N1CCN1C(=O)CSC1c1cn(-c2ccccc2)nc1-c1ccc(Cl)cc1. The number of para-hydroxylation sites is 2. The fourth-order valence-electron chi connectivity index (χ4n) is 6.35. The van der Waals surface area contributed by atoms with Gasteiger partial charge in [0, 0.05) is 57.8 Å². The maximum atomic E-state index is 13.5. The van der Waals surface area contributed by atoms with Gasteiger partial charge in [-0.25, -0.2) is 9.36 Å². The quantitative estimate of drug-likeness (QED) is 0.148. The maximum absolute atomic E-state index is 13.5. The summed E-state index contributed by atoms with van der Waals surface area (Å²) in [6.07, 6.45) is 4.02. The molecule has 8 rings (SSSR count). The number of nitrogens with zero attached hydrogens (tertiary/aromatic N) is 6. The van der Waals surface area contributed by atoms with Crippen LogP contribution in [-0.2, 0) is 9.59 Å². The van der Waals surface area contributed by atoms with Crippen molar-refractivity contribution in [2.24, 2.45) is 0 Å². The Bertz CT molecular complexity index is 2000. The zero-order valence-corrected chi connectivity index (χ0v) is 29.7. The minimum absolute atomic E-state index is 0.0316. The predicted octanol–water partition coefficient (Wildman–Crippen LogP) is 8.55. The molecule has 12 heteroatoms. The Morgan fingerprint density at radius 1 is 0.560 bits per heavy atom. The molecule has 8 nitrogen and oxygen atoms in total. The number of amides is 2. The molecule has 2 aliphatic heterocycles. The third kappa shape index (κ3) is 6.44. The molecule has 6 aromatic rings. The second-order valence-electron chi connectivity index (χ2n) is 11.9. The normalized spacial score (nSPS) is 17.6. The van der Waals surface area contributed by atoms with Crippen molar-refractivity contribution in [1.29, 1.82) is 0 Å². The van der Waals surface area contributed by atoms with Crippen LogP contribution in [-0.4, -0.2) is 65.8 Å². The van der Waals surface area contributed by atoms with E-state index < -0.39 is 0 Å². The average molecular weight is 738 g/mol. The number of carbonyl (C=O) groups excluding carboxylic acids is 2. The van der Waals surface area contributed by atoms with Crippen molar-refractivity contribution < 1.29 is 9.59 Å². The molecule has 2 aliphatic rings. The van der Waals surface area contributed by atoms with Crippen LogP contribution in [0, 0.1) is 0 Å². The standard InChI is InChI=1S/C38H30Cl2N6O2S2/c39-27-15-11-25(12-16-27)35-31(21-45(41-35)29-7-3-1-4-8-29)37-43(33(47)23-49-37)19-20-44-34(48)24-50-38(44)32-22-46(30-9-5-2-6-10-30)42-36(32)26-13-17-28(40)18-14-26/h1-18,21-22,37-38H,19-20,23-24H2. The van der Waals surface area contributed by atoms with Crippen LogP contribution in [0.3, 0.4) is 0 Å². The molecule has 250 valence electrons. The van der Waals surface area contributed by atoms with Gasteiger partial charge in [-0.05, 0) is 48.5 Å². The molecule has 2 aromatic heterocycles. The fourth-order valence-corrected chi connectivity index (χ4v) is 9.04. The molecule has 2 unspecified atom stereocenters. The van der Waals surface area contributed by atoms with Crippen LogP contribution in [0.5, 0.6) is 0 Å². The van der Waals surface area contributed by atoms with E-state index in [-0.39, 0.29) is 22.6 Å². The van der Waals surface area contributed by atoms with Gasteiger partial charge in [0.1, 0.15) is 10.7 Å². The van der Waals surface area contributed by atoms with Crippen molar-refractivity contribution in [2.45, 2.75) is 10.7 Å². The van der Waals surface area contributed by atoms with E-state index in [1.54, 1.807) is 23.5 Å². The Morgan fingerprint density at radius 3 is 1.32 bits per heavy atom. The van der Waals surface area contributed by atoms with E-state index >= 15 is 0 Å². The molecular weight excluding hydrogens is 707 g/mol. The van der Waals surface area contributed by atoms with Crippen LogP contribution in [0.1, 0.15) is 21.9 Å². The van der Waals surface area contributed by atoms with Gasteiger partial charge in [0.15, 0.2) is 0 Å². The molecule has 2 saturated heterocycles. The Kier molecular flexibility index (Phi) is 9.18. The zero-order valence-electron chi connectivity index (χ0n) is 26.6. The van der Waals surface area contributed by atoms with Gasteiger partial charge in [0.05, 0.1) is 34.3 Å². The molecule has 4 heterocycles. The molecule has 4 aromatic carbocycles. The Hall–Kier alpha value is -4.48. The summed E-state index contributed by atoms with van der Waals surface area (Å²) in [6.45, 7) is 0.748. The monoisotopic (exact) mass is 736 g/mol. The highest BCUT2D eigenvalue weighted by atomic mass is 35.5. The first-order valence-corrected chi connectivity index (χ1v) is 18.9. The van der Waals surface area contributed by atoms with E-state index in [1.165, 1.54) is 0 Å². The summed E-state index contributed by atoms with van der Waals surface area (Å²) < 4.78 is 3.72. The van der Waals surface area contributed by atoms with Crippen LogP contribution >= 0.6 is 46.7 Å². The Labute approximate surface area is 308 Å². The van der Waals surface area contributed by atoms with Crippen LogP contribution in [0.15, 0.2) is 122 Å². The third-order valence-corrected chi connectivity index (χ3v) is 11.8. The minimum atomic E-state index is -0.278. The molecular formula is C38H30Cl2N6O2S2. The molecule has 0 radical (unpaired) electrons. The van der Waals surface area contributed by atoms with Crippen molar-refractivity contribution in [1.82, 2.24) is 29.4 Å². The molecule has 0 N–H and O–H groups in total. The largest absolute Gasteiger partial charge is 0.324 e. The van der Waals surface area contributed by atoms with Crippen molar-refractivity contribution in [3.8, 4) is 33.9 Å². The van der Waals surface area contributed by atoms with Gasteiger partial charge in [0.25, 0.3) is 0 Å². The Morgan fingerprint density at radius 2 is 0.940 bits per heavy atom. The van der Waals surface area contributed by atoms with Crippen LogP contribution in [0.25, 0.3) is 33.9 Å². The molecule has 2 fully saturated rings. The first-order valence-electron chi connectivity index (χ1n) is 16.1. The number of hydrogen-bond donors (Lipinski definition) is 0. The first-order chi connectivity index (χ1) is 24.4. The summed E-state index contributed by atoms with van der Waals surface area (Å²) in [4.78, 5) is 30.8. The van der Waals surface area contributed by atoms with E-state index in [0.717, 1.165) is 45.0 Å². The lowest BCUT2D eigenvalue weighted by molar-refractivity contribution is -0.132. The lowest BCUT2D eigenvalue weighted by Crippen LogP contribution is -2.39. The van der Waals surface area contributed by atoms with E-state index in [1.807, 2.05) is 141 Å². The third-order valence-electron chi connectivity index (χ3n) is 8.81. The van der Waals surface area contributed by atoms with E-state index in [4.69, 9.17) is 33.4 Å². The average Bonchev–Trinajstić information content (AvgIpc) is 3.94. The second-order valence-corrected chi connectivity index (χ2v) is 15.0. The number of thioether (sulfide) groups is 2. The predicted molar refractivity (Wildman–Crippen MR) is 202 cm³/mol. The fraction of sp³-hybridized carbons (Fsp3) is 0.158. The number of aromatic nitrogens is 4. The van der Waals surface area contributed by atoms with Crippen molar-refractivity contribution in [2.75, 3.05) is 24.6 Å². The van der Waals surface area contributed by atoms with Crippen LogP contribution in [0.2, 0.25) is 10.0 Å². The summed E-state index contributed by atoms with van der Waals surface area (Å²) in [5.41, 5.74) is 7.10. The number of carbonyl (C=O) groups is 2. The second kappa shape index (κ2) is 14.0. The molecule has 2 amide bonds. The summed E-state index contributed by atoms with van der Waals surface area (Å²) in [5.74, 6) is 0.754. The molecule has 0 spiro atoms. The topological polar surface area (TPSA) is 76.3 Å². The van der Waals surface area contributed by atoms with Crippen molar-refractivity contribution >= 4 is 58.5 Å². The van der Waals surface area contributed by atoms with Gasteiger partial charge in [-0.15, -0.1) is 23.5 Å². The van der Waals surface area contributed by atoms with E-state index in [9.17, 15) is 9.59 Å². The van der Waals surface area contributed by atoms with Crippen molar-refractivity contribution in [3.63, 3.8) is 0 Å². The number of halogens is 2. The van der Waals surface area contributed by atoms with Gasteiger partial charge >= 0.3 is 0 Å². The maximum Gasteiger partial charge on any atom is 0.233 e. The summed E-state index contributed by atoms with van der Waals surface area (Å²) in [7, 11) is 0. The lowest BCUT2D eigenvalue weighted by atomic mass is 10.1.